The predicted octanol–water partition coefficient (Wildman–Crippen LogP) is -2.02. The summed E-state index contributed by atoms with van der Waals surface area (Å²) in [7, 11) is 0. The van der Waals surface area contributed by atoms with Crippen LogP contribution in [0.15, 0.2) is 12.1 Å². The molecule has 0 fully saturated rings. The number of aromatic carboxylic acids is 1. The van der Waals surface area contributed by atoms with Gasteiger partial charge in [-0.05, 0) is 43.5 Å². The van der Waals surface area contributed by atoms with Gasteiger partial charge in [0.25, 0.3) is 0 Å². The average molecular weight is 186 g/mol. The van der Waals surface area contributed by atoms with E-state index in [4.69, 9.17) is 0 Å². The topological polar surface area (TPSA) is 40.1 Å². The van der Waals surface area contributed by atoms with Gasteiger partial charge < -0.3 is 9.90 Å². The molecule has 2 nitrogen and oxygen atoms in total. The molecule has 0 spiro atoms. The van der Waals surface area contributed by atoms with Crippen molar-refractivity contribution < 1.29 is 39.5 Å². The van der Waals surface area contributed by atoms with Gasteiger partial charge in [-0.25, -0.2) is 0 Å². The van der Waals surface area contributed by atoms with Crippen molar-refractivity contribution in [2.75, 3.05) is 0 Å². The first-order valence-corrected chi connectivity index (χ1v) is 3.81. The van der Waals surface area contributed by atoms with Crippen LogP contribution >= 0.6 is 0 Å². The van der Waals surface area contributed by atoms with Gasteiger partial charge in [-0.2, -0.15) is 0 Å². The summed E-state index contributed by atoms with van der Waals surface area (Å²) in [6, 6.07) is 3.51. The molecule has 0 heterocycles. The second kappa shape index (κ2) is 4.80. The number of hydrogen-bond donors (Lipinski definition) is 0. The summed E-state index contributed by atoms with van der Waals surface area (Å²) in [5.41, 5.74) is 3.15. The van der Waals surface area contributed by atoms with E-state index in [0.717, 1.165) is 16.7 Å². The van der Waals surface area contributed by atoms with E-state index in [9.17, 15) is 9.90 Å². The van der Waals surface area contributed by atoms with Crippen molar-refractivity contribution in [3.8, 4) is 0 Å². The second-order valence-electron chi connectivity index (χ2n) is 3.04. The third-order valence-corrected chi connectivity index (χ3v) is 2.06. The Kier molecular flexibility index (Phi) is 4.68. The summed E-state index contributed by atoms with van der Waals surface area (Å²) in [6.45, 7) is 5.63. The zero-order valence-electron chi connectivity index (χ0n) is 8.47. The van der Waals surface area contributed by atoms with Crippen molar-refractivity contribution in [1.29, 1.82) is 0 Å². The summed E-state index contributed by atoms with van der Waals surface area (Å²) in [6.07, 6.45) is 0. The first-order valence-electron chi connectivity index (χ1n) is 3.81. The van der Waals surface area contributed by atoms with Crippen molar-refractivity contribution in [2.45, 2.75) is 20.8 Å². The van der Waals surface area contributed by atoms with E-state index in [1.54, 1.807) is 13.0 Å². The van der Waals surface area contributed by atoms with Gasteiger partial charge in [0.1, 0.15) is 0 Å². The molecule has 0 bridgehead atoms. The smallest absolute Gasteiger partial charge is 0.545 e. The first-order chi connectivity index (χ1) is 5.52. The van der Waals surface area contributed by atoms with E-state index in [0.29, 0.717) is 0 Å². The van der Waals surface area contributed by atoms with Crippen LogP contribution in [0, 0.1) is 20.8 Å². The average Bonchev–Trinajstić information content (AvgIpc) is 1.96. The fraction of sp³-hybridized carbons (Fsp3) is 0.300. The summed E-state index contributed by atoms with van der Waals surface area (Å²) in [5.74, 6) is -1.10. The van der Waals surface area contributed by atoms with E-state index in [-0.39, 0.29) is 35.1 Å². The summed E-state index contributed by atoms with van der Waals surface area (Å²) in [4.78, 5) is 10.6. The van der Waals surface area contributed by atoms with Crippen LogP contribution in [0.4, 0.5) is 0 Å². The number of rotatable bonds is 1. The Morgan fingerprint density at radius 3 is 2.00 bits per heavy atom. The van der Waals surface area contributed by atoms with E-state index < -0.39 is 5.97 Å². The molecule has 0 saturated carbocycles. The molecule has 0 aromatic heterocycles. The molecule has 0 N–H and O–H groups in total. The molecule has 64 valence electrons. The van der Waals surface area contributed by atoms with Gasteiger partial charge in [0, 0.05) is 5.56 Å². The zero-order valence-corrected chi connectivity index (χ0v) is 10.5. The Balaban J connectivity index is 0.00000144. The molecule has 0 radical (unpaired) electrons. The Morgan fingerprint density at radius 1 is 1.08 bits per heavy atom. The molecule has 1 aromatic rings. The minimum atomic E-state index is -1.10. The molecule has 0 amide bonds. The van der Waals surface area contributed by atoms with Crippen LogP contribution in [-0.4, -0.2) is 5.97 Å². The molecular weight excluding hydrogens is 175 g/mol. The van der Waals surface area contributed by atoms with E-state index in [1.807, 2.05) is 19.9 Å². The van der Waals surface area contributed by atoms with Crippen LogP contribution in [0.25, 0.3) is 0 Å². The maximum Gasteiger partial charge on any atom is 1.00 e. The maximum absolute atomic E-state index is 10.6. The molecule has 1 rings (SSSR count). The largest absolute Gasteiger partial charge is 1.00 e. The number of carbonyl (C=O) groups excluding carboxylic acids is 1. The third kappa shape index (κ3) is 2.83. The standard InChI is InChI=1S/C10H12O2.Na/c1-6-4-8(3)9(10(11)12)5-7(6)2;/h4-5H,1-3H3,(H,11,12);/q;+1/p-1. The van der Waals surface area contributed by atoms with Gasteiger partial charge in [-0.15, -0.1) is 0 Å². The molecule has 0 aliphatic heterocycles. The van der Waals surface area contributed by atoms with Crippen molar-refractivity contribution in [3.63, 3.8) is 0 Å². The fourth-order valence-electron chi connectivity index (χ4n) is 1.18. The maximum atomic E-state index is 10.6. The SMILES string of the molecule is Cc1cc(C)c(C(=O)[O-])cc1C.[Na+]. The van der Waals surface area contributed by atoms with Crippen molar-refractivity contribution in [1.82, 2.24) is 0 Å². The number of carboxylic acid groups (broad SMARTS) is 1. The molecule has 0 aliphatic carbocycles. The molecule has 13 heavy (non-hydrogen) atoms. The number of hydrogen-bond acceptors (Lipinski definition) is 2. The van der Waals surface area contributed by atoms with E-state index in [1.165, 1.54) is 0 Å². The molecule has 3 heteroatoms. The summed E-state index contributed by atoms with van der Waals surface area (Å²) >= 11 is 0. The molecule has 1 aromatic carbocycles. The van der Waals surface area contributed by atoms with Gasteiger partial charge in [0.2, 0.25) is 0 Å². The number of carboxylic acids is 1. The van der Waals surface area contributed by atoms with Crippen LogP contribution in [-0.2, 0) is 0 Å². The molecule has 0 unspecified atom stereocenters. The number of benzene rings is 1. The van der Waals surface area contributed by atoms with Crippen LogP contribution < -0.4 is 34.7 Å². The van der Waals surface area contributed by atoms with Gasteiger partial charge in [0.15, 0.2) is 0 Å². The predicted molar refractivity (Wildman–Crippen MR) is 45.0 cm³/mol. The Bertz CT molecular complexity index is 332. The number of aryl methyl sites for hydroxylation is 3. The Hall–Kier alpha value is -0.310. The molecule has 0 saturated heterocycles. The fourth-order valence-corrected chi connectivity index (χ4v) is 1.18. The van der Waals surface area contributed by atoms with Crippen LogP contribution in [0.3, 0.4) is 0 Å². The van der Waals surface area contributed by atoms with Crippen molar-refractivity contribution in [2.24, 2.45) is 0 Å². The minimum absolute atomic E-state index is 0. The van der Waals surface area contributed by atoms with Gasteiger partial charge in [-0.3, -0.25) is 0 Å². The summed E-state index contributed by atoms with van der Waals surface area (Å²) < 4.78 is 0. The Morgan fingerprint density at radius 2 is 1.54 bits per heavy atom. The van der Waals surface area contributed by atoms with Gasteiger partial charge >= 0.3 is 29.6 Å². The van der Waals surface area contributed by atoms with E-state index >= 15 is 0 Å². The van der Waals surface area contributed by atoms with Gasteiger partial charge in [-0.1, -0.05) is 6.07 Å². The second-order valence-corrected chi connectivity index (χ2v) is 3.04. The monoisotopic (exact) mass is 186 g/mol. The van der Waals surface area contributed by atoms with Gasteiger partial charge in [0.05, 0.1) is 5.97 Å². The van der Waals surface area contributed by atoms with Crippen LogP contribution in [0.5, 0.6) is 0 Å². The minimum Gasteiger partial charge on any atom is -0.545 e. The van der Waals surface area contributed by atoms with E-state index in [2.05, 4.69) is 0 Å². The first kappa shape index (κ1) is 12.7. The quantitative estimate of drug-likeness (QED) is 0.475. The summed E-state index contributed by atoms with van der Waals surface area (Å²) in [5, 5.41) is 10.6. The third-order valence-electron chi connectivity index (χ3n) is 2.06. The normalized spacial score (nSPS) is 9.15. The number of carbonyl (C=O) groups is 1. The molecular formula is C10H11NaO2. The molecule has 0 atom stereocenters. The van der Waals surface area contributed by atoms with Crippen LogP contribution in [0.2, 0.25) is 0 Å². The molecule has 0 aliphatic rings. The Labute approximate surface area is 100 Å². The zero-order chi connectivity index (χ0) is 9.30. The van der Waals surface area contributed by atoms with Crippen molar-refractivity contribution in [3.05, 3.63) is 34.4 Å². The van der Waals surface area contributed by atoms with Crippen LogP contribution in [0.1, 0.15) is 27.0 Å². The van der Waals surface area contributed by atoms with Crippen molar-refractivity contribution >= 4 is 5.97 Å².